The minimum atomic E-state index is -0.149. The van der Waals surface area contributed by atoms with Crippen LogP contribution in [0.1, 0.15) is 36.8 Å². The second-order valence-electron chi connectivity index (χ2n) is 4.33. The van der Waals surface area contributed by atoms with Crippen LogP contribution in [0.15, 0.2) is 18.2 Å². The van der Waals surface area contributed by atoms with Crippen molar-refractivity contribution in [3.05, 3.63) is 35.1 Å². The van der Waals surface area contributed by atoms with Crippen LogP contribution in [0.4, 0.5) is 4.39 Å². The lowest BCUT2D eigenvalue weighted by Gasteiger charge is -2.33. The molecule has 0 saturated heterocycles. The third-order valence-corrected chi connectivity index (χ3v) is 3.14. The van der Waals surface area contributed by atoms with Gasteiger partial charge in [0.15, 0.2) is 0 Å². The SMILES string of the molecule is CC1CC(c2ccc(CN)c(F)c2)C1. The van der Waals surface area contributed by atoms with Crippen LogP contribution in [-0.4, -0.2) is 0 Å². The zero-order valence-electron chi connectivity index (χ0n) is 8.46. The van der Waals surface area contributed by atoms with E-state index in [4.69, 9.17) is 5.73 Å². The second-order valence-corrected chi connectivity index (χ2v) is 4.33. The Labute approximate surface area is 84.1 Å². The van der Waals surface area contributed by atoms with E-state index in [0.717, 1.165) is 11.5 Å². The summed E-state index contributed by atoms with van der Waals surface area (Å²) in [7, 11) is 0. The molecule has 0 radical (unpaired) electrons. The molecule has 2 N–H and O–H groups in total. The summed E-state index contributed by atoms with van der Waals surface area (Å²) < 4.78 is 13.4. The molecule has 76 valence electrons. The molecule has 0 atom stereocenters. The molecule has 1 nitrogen and oxygen atoms in total. The molecule has 1 aliphatic carbocycles. The van der Waals surface area contributed by atoms with Crippen LogP contribution in [0, 0.1) is 11.7 Å². The van der Waals surface area contributed by atoms with Gasteiger partial charge in [0.05, 0.1) is 0 Å². The Morgan fingerprint density at radius 2 is 2.14 bits per heavy atom. The Kier molecular flexibility index (Phi) is 2.55. The highest BCUT2D eigenvalue weighted by atomic mass is 19.1. The molecule has 0 bridgehead atoms. The summed E-state index contributed by atoms with van der Waals surface area (Å²) >= 11 is 0. The van der Waals surface area contributed by atoms with Gasteiger partial charge in [-0.2, -0.15) is 0 Å². The maximum Gasteiger partial charge on any atom is 0.127 e. The zero-order valence-corrected chi connectivity index (χ0v) is 8.46. The largest absolute Gasteiger partial charge is 0.326 e. The second kappa shape index (κ2) is 3.70. The van der Waals surface area contributed by atoms with Gasteiger partial charge in [-0.05, 0) is 36.3 Å². The summed E-state index contributed by atoms with van der Waals surface area (Å²) in [6.45, 7) is 2.52. The first-order chi connectivity index (χ1) is 6.70. The van der Waals surface area contributed by atoms with Crippen LogP contribution in [0.2, 0.25) is 0 Å². The summed E-state index contributed by atoms with van der Waals surface area (Å²) in [4.78, 5) is 0. The Bertz CT molecular complexity index is 329. The van der Waals surface area contributed by atoms with Crippen LogP contribution >= 0.6 is 0 Å². The first-order valence-electron chi connectivity index (χ1n) is 5.19. The third-order valence-electron chi connectivity index (χ3n) is 3.14. The molecule has 0 heterocycles. The Balaban J connectivity index is 2.16. The van der Waals surface area contributed by atoms with E-state index in [1.54, 1.807) is 6.07 Å². The fourth-order valence-corrected chi connectivity index (χ4v) is 2.16. The number of rotatable bonds is 2. The first kappa shape index (κ1) is 9.66. The predicted octanol–water partition coefficient (Wildman–Crippen LogP) is 2.80. The van der Waals surface area contributed by atoms with E-state index in [2.05, 4.69) is 6.92 Å². The molecule has 2 heteroatoms. The Morgan fingerprint density at radius 1 is 1.43 bits per heavy atom. The van der Waals surface area contributed by atoms with Crippen LogP contribution in [0.3, 0.4) is 0 Å². The molecule has 0 amide bonds. The monoisotopic (exact) mass is 193 g/mol. The average molecular weight is 193 g/mol. The molecule has 0 aromatic heterocycles. The van der Waals surface area contributed by atoms with Crippen molar-refractivity contribution in [3.63, 3.8) is 0 Å². The van der Waals surface area contributed by atoms with Crippen LogP contribution < -0.4 is 5.73 Å². The molecule has 1 aromatic rings. The van der Waals surface area contributed by atoms with Gasteiger partial charge in [-0.3, -0.25) is 0 Å². The van der Waals surface area contributed by atoms with Crippen molar-refractivity contribution in [3.8, 4) is 0 Å². The molecule has 0 unspecified atom stereocenters. The van der Waals surface area contributed by atoms with E-state index in [0.29, 0.717) is 11.5 Å². The normalized spacial score (nSPS) is 25.9. The van der Waals surface area contributed by atoms with Crippen molar-refractivity contribution >= 4 is 0 Å². The summed E-state index contributed by atoms with van der Waals surface area (Å²) in [5.41, 5.74) is 7.15. The topological polar surface area (TPSA) is 26.0 Å². The standard InChI is InChI=1S/C12H16FN/c1-8-4-11(5-8)9-2-3-10(7-14)12(13)6-9/h2-3,6,8,11H,4-5,7,14H2,1H3. The molecular formula is C12H16FN. The lowest BCUT2D eigenvalue weighted by atomic mass is 9.72. The van der Waals surface area contributed by atoms with Gasteiger partial charge in [-0.1, -0.05) is 19.1 Å². The van der Waals surface area contributed by atoms with Gasteiger partial charge in [-0.15, -0.1) is 0 Å². The van der Waals surface area contributed by atoms with E-state index >= 15 is 0 Å². The zero-order chi connectivity index (χ0) is 10.1. The number of hydrogen-bond donors (Lipinski definition) is 1. The fraction of sp³-hybridized carbons (Fsp3) is 0.500. The van der Waals surface area contributed by atoms with Gasteiger partial charge in [0.2, 0.25) is 0 Å². The quantitative estimate of drug-likeness (QED) is 0.768. The minimum absolute atomic E-state index is 0.149. The summed E-state index contributed by atoms with van der Waals surface area (Å²) in [5, 5.41) is 0. The third kappa shape index (κ3) is 1.67. The van der Waals surface area contributed by atoms with Gasteiger partial charge >= 0.3 is 0 Å². The van der Waals surface area contributed by atoms with Crippen molar-refractivity contribution in [1.29, 1.82) is 0 Å². The first-order valence-corrected chi connectivity index (χ1v) is 5.19. The van der Waals surface area contributed by atoms with Gasteiger partial charge in [0.25, 0.3) is 0 Å². The van der Waals surface area contributed by atoms with Gasteiger partial charge in [-0.25, -0.2) is 4.39 Å². The summed E-state index contributed by atoms with van der Waals surface area (Å²) in [5.74, 6) is 1.23. The van der Waals surface area contributed by atoms with E-state index in [-0.39, 0.29) is 12.4 Å². The van der Waals surface area contributed by atoms with Gasteiger partial charge in [0, 0.05) is 12.1 Å². The Morgan fingerprint density at radius 3 is 2.64 bits per heavy atom. The Hall–Kier alpha value is -0.890. The molecule has 0 aliphatic heterocycles. The molecule has 2 rings (SSSR count). The summed E-state index contributed by atoms with van der Waals surface area (Å²) in [6, 6.07) is 5.48. The lowest BCUT2D eigenvalue weighted by molar-refractivity contribution is 0.288. The lowest BCUT2D eigenvalue weighted by Crippen LogP contribution is -2.19. The van der Waals surface area contributed by atoms with Crippen molar-refractivity contribution in [2.75, 3.05) is 0 Å². The van der Waals surface area contributed by atoms with Crippen molar-refractivity contribution in [2.45, 2.75) is 32.2 Å². The van der Waals surface area contributed by atoms with Crippen LogP contribution in [0.5, 0.6) is 0 Å². The van der Waals surface area contributed by atoms with Crippen LogP contribution in [-0.2, 0) is 6.54 Å². The van der Waals surface area contributed by atoms with E-state index < -0.39 is 0 Å². The smallest absolute Gasteiger partial charge is 0.127 e. The van der Waals surface area contributed by atoms with Gasteiger partial charge in [0.1, 0.15) is 5.82 Å². The maximum atomic E-state index is 13.4. The maximum absolute atomic E-state index is 13.4. The summed E-state index contributed by atoms with van der Waals surface area (Å²) in [6.07, 6.45) is 2.39. The molecule has 1 fully saturated rings. The molecule has 0 spiro atoms. The highest BCUT2D eigenvalue weighted by Crippen LogP contribution is 2.41. The molecule has 1 aromatic carbocycles. The number of halogens is 1. The molecule has 14 heavy (non-hydrogen) atoms. The van der Waals surface area contributed by atoms with Crippen LogP contribution in [0.25, 0.3) is 0 Å². The molecule has 1 aliphatic rings. The highest BCUT2D eigenvalue weighted by Gasteiger charge is 2.26. The molecule has 1 saturated carbocycles. The fourth-order valence-electron chi connectivity index (χ4n) is 2.16. The minimum Gasteiger partial charge on any atom is -0.326 e. The average Bonchev–Trinajstić information content (AvgIpc) is 2.13. The van der Waals surface area contributed by atoms with Gasteiger partial charge < -0.3 is 5.73 Å². The van der Waals surface area contributed by atoms with Crippen molar-refractivity contribution in [2.24, 2.45) is 11.7 Å². The van der Waals surface area contributed by atoms with Crippen molar-refractivity contribution < 1.29 is 4.39 Å². The van der Waals surface area contributed by atoms with E-state index in [1.807, 2.05) is 12.1 Å². The van der Waals surface area contributed by atoms with E-state index in [1.165, 1.54) is 12.8 Å². The number of hydrogen-bond acceptors (Lipinski definition) is 1. The van der Waals surface area contributed by atoms with E-state index in [9.17, 15) is 4.39 Å². The number of nitrogens with two attached hydrogens (primary N) is 1. The molecular weight excluding hydrogens is 177 g/mol. The highest BCUT2D eigenvalue weighted by molar-refractivity contribution is 5.28. The van der Waals surface area contributed by atoms with Crippen molar-refractivity contribution in [1.82, 2.24) is 0 Å². The predicted molar refractivity (Wildman–Crippen MR) is 55.4 cm³/mol. The number of benzene rings is 1.